The fourth-order valence-corrected chi connectivity index (χ4v) is 2.11. The molecule has 0 atom stereocenters. The number of hydrogen-bond acceptors (Lipinski definition) is 2. The molecule has 0 bridgehead atoms. The molecular formula is C13H28O2Si. The van der Waals surface area contributed by atoms with Gasteiger partial charge < -0.3 is 9.16 Å². The molecule has 0 aliphatic carbocycles. The normalized spacial score (nSPS) is 11.1. The molecule has 0 N–H and O–H groups in total. The molecule has 0 aliphatic rings. The Morgan fingerprint density at radius 1 is 1.00 bits per heavy atom. The van der Waals surface area contributed by atoms with Gasteiger partial charge in [0.15, 0.2) is 0 Å². The lowest BCUT2D eigenvalue weighted by Crippen LogP contribution is -2.29. The molecule has 0 aliphatic heterocycles. The third kappa shape index (κ3) is 5.59. The van der Waals surface area contributed by atoms with Crippen molar-refractivity contribution in [3.63, 3.8) is 0 Å². The summed E-state index contributed by atoms with van der Waals surface area (Å²) in [6.07, 6.45) is 3.06. The molecule has 0 fully saturated rings. The average molecular weight is 244 g/mol. The lowest BCUT2D eigenvalue weighted by atomic mass is 10.2. The zero-order chi connectivity index (χ0) is 12.6. The summed E-state index contributed by atoms with van der Waals surface area (Å²) in [6.45, 7) is 13.9. The van der Waals surface area contributed by atoms with Crippen LogP contribution in [0.3, 0.4) is 0 Å². The summed E-state index contributed by atoms with van der Waals surface area (Å²) in [5, 5.41) is 0. The second-order valence-electron chi connectivity index (χ2n) is 4.66. The minimum Gasteiger partial charge on any atom is -0.519 e. The highest BCUT2D eigenvalue weighted by Crippen LogP contribution is 2.22. The highest BCUT2D eigenvalue weighted by Gasteiger charge is 2.24. The first-order chi connectivity index (χ1) is 7.50. The first kappa shape index (κ1) is 15.6. The summed E-state index contributed by atoms with van der Waals surface area (Å²) >= 11 is 0. The molecule has 0 amide bonds. The second-order valence-corrected chi connectivity index (χ2v) is 9.09. The van der Waals surface area contributed by atoms with Crippen LogP contribution in [0.25, 0.3) is 0 Å². The van der Waals surface area contributed by atoms with E-state index in [0.717, 1.165) is 37.9 Å². The van der Waals surface area contributed by atoms with Crippen molar-refractivity contribution >= 4 is 8.32 Å². The molecule has 0 aromatic carbocycles. The molecule has 0 saturated carbocycles. The monoisotopic (exact) mass is 244 g/mol. The molecule has 3 heteroatoms. The smallest absolute Gasteiger partial charge is 0.264 e. The van der Waals surface area contributed by atoms with Crippen LogP contribution in [-0.2, 0) is 9.16 Å². The third-order valence-electron chi connectivity index (χ3n) is 2.80. The highest BCUT2D eigenvalue weighted by molar-refractivity contribution is 6.71. The summed E-state index contributed by atoms with van der Waals surface area (Å²) in [5.74, 6) is 0.824. The number of hydrogen-bond donors (Lipinski definition) is 0. The van der Waals surface area contributed by atoms with Gasteiger partial charge in [-0.15, -0.1) is 0 Å². The van der Waals surface area contributed by atoms with Gasteiger partial charge in [0.05, 0.1) is 6.61 Å². The van der Waals surface area contributed by atoms with Crippen LogP contribution in [0.2, 0.25) is 19.1 Å². The maximum Gasteiger partial charge on any atom is 0.264 e. The topological polar surface area (TPSA) is 18.5 Å². The van der Waals surface area contributed by atoms with Crippen LogP contribution in [0.15, 0.2) is 11.5 Å². The van der Waals surface area contributed by atoms with Gasteiger partial charge in [0.25, 0.3) is 5.95 Å². The van der Waals surface area contributed by atoms with Gasteiger partial charge in [0.2, 0.25) is 8.32 Å². The quantitative estimate of drug-likeness (QED) is 0.456. The van der Waals surface area contributed by atoms with E-state index in [1.165, 1.54) is 5.57 Å². The summed E-state index contributed by atoms with van der Waals surface area (Å²) < 4.78 is 11.9. The summed E-state index contributed by atoms with van der Waals surface area (Å²) in [5.41, 5.74) is 1.31. The van der Waals surface area contributed by atoms with Gasteiger partial charge >= 0.3 is 0 Å². The number of rotatable bonds is 8. The maximum absolute atomic E-state index is 6.13. The van der Waals surface area contributed by atoms with Gasteiger partial charge in [-0.05, 0) is 38.4 Å². The van der Waals surface area contributed by atoms with E-state index in [0.29, 0.717) is 0 Å². The third-order valence-corrected chi connectivity index (χ3v) is 5.24. The highest BCUT2D eigenvalue weighted by atomic mass is 28.4. The van der Waals surface area contributed by atoms with E-state index >= 15 is 0 Å². The standard InChI is InChI=1S/C13H28O2Si/c1-7-11-14-13(12(8-2)9-3)15-16(5,6)10-4/h7-11H2,1-6H3. The Morgan fingerprint density at radius 3 is 1.94 bits per heavy atom. The van der Waals surface area contributed by atoms with Crippen molar-refractivity contribution in [2.45, 2.75) is 66.1 Å². The van der Waals surface area contributed by atoms with E-state index in [1.54, 1.807) is 0 Å². The fraction of sp³-hybridized carbons (Fsp3) is 0.846. The van der Waals surface area contributed by atoms with Crippen molar-refractivity contribution in [1.82, 2.24) is 0 Å². The van der Waals surface area contributed by atoms with E-state index in [-0.39, 0.29) is 0 Å². The molecule has 0 rings (SSSR count). The van der Waals surface area contributed by atoms with Crippen LogP contribution in [0, 0.1) is 0 Å². The van der Waals surface area contributed by atoms with Gasteiger partial charge in [-0.1, -0.05) is 27.7 Å². The molecule has 0 aromatic rings. The van der Waals surface area contributed by atoms with Crippen molar-refractivity contribution < 1.29 is 9.16 Å². The van der Waals surface area contributed by atoms with Crippen LogP contribution >= 0.6 is 0 Å². The van der Waals surface area contributed by atoms with E-state index in [9.17, 15) is 0 Å². The van der Waals surface area contributed by atoms with E-state index in [4.69, 9.17) is 9.16 Å². The predicted molar refractivity (Wildman–Crippen MR) is 72.9 cm³/mol. The van der Waals surface area contributed by atoms with E-state index in [1.807, 2.05) is 0 Å². The van der Waals surface area contributed by atoms with Crippen LogP contribution in [0.4, 0.5) is 0 Å². The lowest BCUT2D eigenvalue weighted by Gasteiger charge is -2.26. The summed E-state index contributed by atoms with van der Waals surface area (Å²) in [7, 11) is -1.57. The SMILES string of the molecule is CCCOC(O[Si](C)(C)CC)=C(CC)CC. The molecule has 16 heavy (non-hydrogen) atoms. The minimum absolute atomic E-state index is 0.757. The molecule has 0 spiro atoms. The number of ether oxygens (including phenoxy) is 1. The van der Waals surface area contributed by atoms with Gasteiger partial charge in [-0.25, -0.2) is 0 Å². The fourth-order valence-electron chi connectivity index (χ4n) is 1.26. The van der Waals surface area contributed by atoms with Crippen LogP contribution in [-0.4, -0.2) is 14.9 Å². The maximum atomic E-state index is 6.13. The molecule has 0 radical (unpaired) electrons. The molecule has 0 heterocycles. The molecule has 96 valence electrons. The Labute approximate surface area is 102 Å². The van der Waals surface area contributed by atoms with Gasteiger partial charge in [0, 0.05) is 5.57 Å². The Morgan fingerprint density at radius 2 is 1.56 bits per heavy atom. The Balaban J connectivity index is 4.73. The zero-order valence-corrected chi connectivity index (χ0v) is 12.9. The summed E-state index contributed by atoms with van der Waals surface area (Å²) in [6, 6.07) is 1.12. The van der Waals surface area contributed by atoms with Crippen molar-refractivity contribution in [3.8, 4) is 0 Å². The summed E-state index contributed by atoms with van der Waals surface area (Å²) in [4.78, 5) is 0. The van der Waals surface area contributed by atoms with Gasteiger partial charge in [-0.2, -0.15) is 0 Å². The number of allylic oxidation sites excluding steroid dienone is 1. The van der Waals surface area contributed by atoms with Crippen molar-refractivity contribution in [3.05, 3.63) is 11.5 Å². The van der Waals surface area contributed by atoms with Gasteiger partial charge in [0.1, 0.15) is 0 Å². The molecule has 0 aromatic heterocycles. The van der Waals surface area contributed by atoms with Crippen molar-refractivity contribution in [1.29, 1.82) is 0 Å². The van der Waals surface area contributed by atoms with E-state index < -0.39 is 8.32 Å². The predicted octanol–water partition coefficient (Wildman–Crippen LogP) is 4.69. The Hall–Kier alpha value is -0.443. The average Bonchev–Trinajstić information content (AvgIpc) is 2.27. The first-order valence-corrected chi connectivity index (χ1v) is 9.66. The second kappa shape index (κ2) is 7.77. The Bertz CT molecular complexity index is 216. The van der Waals surface area contributed by atoms with Gasteiger partial charge in [-0.3, -0.25) is 0 Å². The molecule has 2 nitrogen and oxygen atoms in total. The zero-order valence-electron chi connectivity index (χ0n) is 11.9. The van der Waals surface area contributed by atoms with Crippen LogP contribution in [0.5, 0.6) is 0 Å². The first-order valence-electron chi connectivity index (χ1n) is 6.54. The lowest BCUT2D eigenvalue weighted by molar-refractivity contribution is 0.0963. The Kier molecular flexibility index (Phi) is 7.55. The van der Waals surface area contributed by atoms with E-state index in [2.05, 4.69) is 40.8 Å². The van der Waals surface area contributed by atoms with Crippen molar-refractivity contribution in [2.24, 2.45) is 0 Å². The van der Waals surface area contributed by atoms with Crippen LogP contribution in [0.1, 0.15) is 47.0 Å². The minimum atomic E-state index is -1.57. The largest absolute Gasteiger partial charge is 0.519 e. The molecule has 0 unspecified atom stereocenters. The van der Waals surface area contributed by atoms with Crippen LogP contribution < -0.4 is 0 Å². The van der Waals surface area contributed by atoms with Crippen molar-refractivity contribution in [2.75, 3.05) is 6.61 Å². The molecule has 0 saturated heterocycles. The molecular weight excluding hydrogens is 216 g/mol.